The van der Waals surface area contributed by atoms with Gasteiger partial charge in [-0.1, -0.05) is 34.8 Å². The van der Waals surface area contributed by atoms with Crippen LogP contribution in [0, 0.1) is 6.92 Å². The molecule has 0 saturated heterocycles. The summed E-state index contributed by atoms with van der Waals surface area (Å²) in [6.45, 7) is -2.24. The number of rotatable bonds is 7. The fraction of sp³-hybridized carbons (Fsp3) is 0.182. The van der Waals surface area contributed by atoms with Gasteiger partial charge in [-0.25, -0.2) is 22.6 Å². The van der Waals surface area contributed by atoms with Crippen molar-refractivity contribution in [3.8, 4) is 11.4 Å². The van der Waals surface area contributed by atoms with Crippen LogP contribution in [0.5, 0.6) is 5.75 Å². The molecule has 0 fully saturated rings. The number of aliphatic carboxylic acids is 1. The van der Waals surface area contributed by atoms with E-state index in [9.17, 15) is 26.8 Å². The van der Waals surface area contributed by atoms with Gasteiger partial charge in [-0.2, -0.15) is 13.5 Å². The number of carboxylic acids is 1. The van der Waals surface area contributed by atoms with Crippen molar-refractivity contribution >= 4 is 67.4 Å². The average Bonchev–Trinajstić information content (AvgIpc) is 3.14. The van der Waals surface area contributed by atoms with Crippen molar-refractivity contribution in [1.29, 1.82) is 0 Å². The van der Waals surface area contributed by atoms with Gasteiger partial charge < -0.3 is 9.84 Å². The maximum Gasteiger partial charge on any atom is 0.355 e. The number of benzene rings is 2. The van der Waals surface area contributed by atoms with Crippen molar-refractivity contribution in [3.05, 3.63) is 74.0 Å². The number of hydrogen-bond donors (Lipinski definition) is 2. The molecule has 0 spiro atoms. The standard InChI is InChI=1S/C11H10Cl2F2N4O3S.C11H8ClNO3/c1-5-16-19(11(20)18(5)10(14)15)9-4-8(17-23(2,21)22)6(12)3-7(9)13;12-8-3-4-9(16-6-10(14)15)11-7(8)2-1-5-13-11/h3-4,10,17H,1-2H3;1-5H,6H2,(H,14,15). The molecule has 0 aliphatic carbocycles. The second-order valence-electron chi connectivity index (χ2n) is 7.67. The molecule has 0 aliphatic rings. The second-order valence-corrected chi connectivity index (χ2v) is 10.6. The van der Waals surface area contributed by atoms with E-state index >= 15 is 0 Å². The van der Waals surface area contributed by atoms with Crippen LogP contribution in [0.1, 0.15) is 12.4 Å². The first-order chi connectivity index (χ1) is 18.2. The van der Waals surface area contributed by atoms with E-state index in [0.29, 0.717) is 21.0 Å². The van der Waals surface area contributed by atoms with E-state index in [-0.39, 0.29) is 31.8 Å². The molecule has 208 valence electrons. The molecule has 4 rings (SSSR count). The molecule has 2 heterocycles. The van der Waals surface area contributed by atoms with Gasteiger partial charge in [0.25, 0.3) is 0 Å². The molecule has 2 aromatic carbocycles. The Kier molecular flexibility index (Phi) is 9.38. The van der Waals surface area contributed by atoms with Gasteiger partial charge in [0.05, 0.1) is 32.7 Å². The first-order valence-electron chi connectivity index (χ1n) is 10.5. The minimum absolute atomic E-state index is 0.0257. The van der Waals surface area contributed by atoms with Gasteiger partial charge in [0.15, 0.2) is 6.61 Å². The predicted octanol–water partition coefficient (Wildman–Crippen LogP) is 4.77. The number of halogens is 5. The lowest BCUT2D eigenvalue weighted by atomic mass is 10.2. The molecule has 0 aliphatic heterocycles. The number of aromatic nitrogens is 4. The normalized spacial score (nSPS) is 11.3. The summed E-state index contributed by atoms with van der Waals surface area (Å²) in [5, 5.41) is 13.5. The molecule has 0 amide bonds. The molecule has 17 heteroatoms. The van der Waals surface area contributed by atoms with Gasteiger partial charge in [0.1, 0.15) is 17.1 Å². The number of alkyl halides is 2. The molecular formula is C22H18Cl3F2N5O6S. The summed E-state index contributed by atoms with van der Waals surface area (Å²) in [4.78, 5) is 26.5. The van der Waals surface area contributed by atoms with Gasteiger partial charge in [-0.3, -0.25) is 9.71 Å². The third-order valence-corrected chi connectivity index (χ3v) is 6.30. The van der Waals surface area contributed by atoms with Crippen molar-refractivity contribution in [2.45, 2.75) is 13.5 Å². The number of nitrogens with zero attached hydrogens (tertiary/aromatic N) is 4. The van der Waals surface area contributed by atoms with E-state index in [2.05, 4.69) is 14.8 Å². The van der Waals surface area contributed by atoms with E-state index in [0.717, 1.165) is 17.7 Å². The molecule has 0 bridgehead atoms. The van der Waals surface area contributed by atoms with Gasteiger partial charge in [-0.15, -0.1) is 5.10 Å². The maximum atomic E-state index is 12.8. The number of ether oxygens (including phenoxy) is 1. The zero-order chi connectivity index (χ0) is 29.1. The Balaban J connectivity index is 0.000000230. The molecule has 0 unspecified atom stereocenters. The summed E-state index contributed by atoms with van der Waals surface area (Å²) in [6, 6.07) is 9.14. The highest BCUT2D eigenvalue weighted by molar-refractivity contribution is 7.92. The number of aryl methyl sites for hydroxylation is 1. The van der Waals surface area contributed by atoms with Crippen molar-refractivity contribution < 1.29 is 31.8 Å². The van der Waals surface area contributed by atoms with Gasteiger partial charge in [0.2, 0.25) is 10.0 Å². The van der Waals surface area contributed by atoms with Crippen LogP contribution in [-0.2, 0) is 14.8 Å². The smallest absolute Gasteiger partial charge is 0.355 e. The third kappa shape index (κ3) is 7.35. The van der Waals surface area contributed by atoms with Crippen molar-refractivity contribution in [2.24, 2.45) is 0 Å². The number of fused-ring (bicyclic) bond motifs is 1. The Hall–Kier alpha value is -3.46. The van der Waals surface area contributed by atoms with Crippen LogP contribution in [0.2, 0.25) is 15.1 Å². The maximum absolute atomic E-state index is 12.8. The third-order valence-electron chi connectivity index (χ3n) is 4.77. The molecule has 39 heavy (non-hydrogen) atoms. The van der Waals surface area contributed by atoms with Gasteiger partial charge in [0, 0.05) is 11.6 Å². The molecule has 11 nitrogen and oxygen atoms in total. The largest absolute Gasteiger partial charge is 0.480 e. The SMILES string of the molecule is Cc1nn(-c2cc(NS(C)(=O)=O)c(Cl)cc2Cl)c(=O)n1C(F)F.O=C(O)COc1ccc(Cl)c2cccnc12. The molecule has 0 radical (unpaired) electrons. The van der Waals surface area contributed by atoms with Crippen LogP contribution in [0.15, 0.2) is 47.4 Å². The van der Waals surface area contributed by atoms with E-state index in [4.69, 9.17) is 44.6 Å². The molecular weight excluding hydrogens is 607 g/mol. The lowest BCUT2D eigenvalue weighted by Gasteiger charge is -2.10. The summed E-state index contributed by atoms with van der Waals surface area (Å²) < 4.78 is 56.4. The molecule has 0 atom stereocenters. The second kappa shape index (κ2) is 12.2. The van der Waals surface area contributed by atoms with Crippen LogP contribution in [0.3, 0.4) is 0 Å². The first kappa shape index (κ1) is 30.1. The summed E-state index contributed by atoms with van der Waals surface area (Å²) in [7, 11) is -3.65. The number of carboxylic acid groups (broad SMARTS) is 1. The Morgan fingerprint density at radius 2 is 1.85 bits per heavy atom. The highest BCUT2D eigenvalue weighted by Gasteiger charge is 2.21. The minimum atomic E-state index is -3.65. The number of carbonyl (C=O) groups is 1. The number of anilines is 1. The summed E-state index contributed by atoms with van der Waals surface area (Å²) in [6.07, 6.45) is 2.51. The van der Waals surface area contributed by atoms with Crippen LogP contribution >= 0.6 is 34.8 Å². The summed E-state index contributed by atoms with van der Waals surface area (Å²) in [5.41, 5.74) is -0.706. The number of sulfonamides is 1. The van der Waals surface area contributed by atoms with E-state index in [1.54, 1.807) is 30.5 Å². The lowest BCUT2D eigenvalue weighted by molar-refractivity contribution is -0.139. The quantitative estimate of drug-likeness (QED) is 0.299. The van der Waals surface area contributed by atoms with E-state index < -0.39 is 34.8 Å². The number of nitrogens with one attached hydrogen (secondary N) is 1. The lowest BCUT2D eigenvalue weighted by Crippen LogP contribution is -2.25. The fourth-order valence-corrected chi connectivity index (χ4v) is 4.55. The van der Waals surface area contributed by atoms with Crippen LogP contribution in [-0.4, -0.2) is 51.7 Å². The number of hydrogen-bond acceptors (Lipinski definition) is 7. The van der Waals surface area contributed by atoms with Crippen molar-refractivity contribution in [1.82, 2.24) is 19.3 Å². The van der Waals surface area contributed by atoms with Crippen LogP contribution in [0.4, 0.5) is 14.5 Å². The molecule has 4 aromatic rings. The topological polar surface area (TPSA) is 145 Å². The molecule has 2 N–H and O–H groups in total. The average molecular weight is 625 g/mol. The zero-order valence-electron chi connectivity index (χ0n) is 19.9. The minimum Gasteiger partial charge on any atom is -0.480 e. The highest BCUT2D eigenvalue weighted by atomic mass is 35.5. The Labute approximate surface area is 234 Å². The van der Waals surface area contributed by atoms with Crippen molar-refractivity contribution in [2.75, 3.05) is 17.6 Å². The van der Waals surface area contributed by atoms with Gasteiger partial charge >= 0.3 is 18.2 Å². The monoisotopic (exact) mass is 623 g/mol. The van der Waals surface area contributed by atoms with Crippen molar-refractivity contribution in [3.63, 3.8) is 0 Å². The van der Waals surface area contributed by atoms with Gasteiger partial charge in [-0.05, 0) is 43.3 Å². The molecule has 0 saturated carbocycles. The summed E-state index contributed by atoms with van der Waals surface area (Å²) in [5.74, 6) is -0.838. The summed E-state index contributed by atoms with van der Waals surface area (Å²) >= 11 is 17.8. The van der Waals surface area contributed by atoms with Crippen LogP contribution in [0.25, 0.3) is 16.6 Å². The molecule has 2 aromatic heterocycles. The number of pyridine rings is 1. The fourth-order valence-electron chi connectivity index (χ4n) is 3.20. The van der Waals surface area contributed by atoms with E-state index in [1.165, 1.54) is 13.0 Å². The zero-order valence-corrected chi connectivity index (χ0v) is 23.0. The Bertz CT molecular complexity index is 1710. The van der Waals surface area contributed by atoms with Crippen LogP contribution < -0.4 is 15.1 Å². The van der Waals surface area contributed by atoms with E-state index in [1.807, 2.05) is 0 Å². The Morgan fingerprint density at radius 3 is 2.44 bits per heavy atom. The predicted molar refractivity (Wildman–Crippen MR) is 142 cm³/mol. The highest BCUT2D eigenvalue weighted by Crippen LogP contribution is 2.32. The Morgan fingerprint density at radius 1 is 1.15 bits per heavy atom. The first-order valence-corrected chi connectivity index (χ1v) is 13.5.